The van der Waals surface area contributed by atoms with Crippen LogP contribution < -0.4 is 0 Å². The SMILES string of the molecule is CC(C)N(C(=O)CC1(CC(=O)O)CCCC1)C(C)C. The van der Waals surface area contributed by atoms with E-state index in [-0.39, 0.29) is 29.8 Å². The quantitative estimate of drug-likeness (QED) is 0.806. The molecular weight excluding hydrogens is 242 g/mol. The van der Waals surface area contributed by atoms with Gasteiger partial charge in [0, 0.05) is 18.5 Å². The van der Waals surface area contributed by atoms with Gasteiger partial charge >= 0.3 is 5.97 Å². The zero-order chi connectivity index (χ0) is 14.6. The number of amides is 1. The van der Waals surface area contributed by atoms with Gasteiger partial charge in [-0.25, -0.2) is 0 Å². The molecule has 0 aromatic heterocycles. The molecule has 1 saturated carbocycles. The summed E-state index contributed by atoms with van der Waals surface area (Å²) in [7, 11) is 0. The molecule has 0 atom stereocenters. The topological polar surface area (TPSA) is 57.6 Å². The average molecular weight is 269 g/mol. The fraction of sp³-hybridized carbons (Fsp3) is 0.867. The standard InChI is InChI=1S/C15H27NO3/c1-11(2)16(12(3)4)13(17)9-15(10-14(18)19)7-5-6-8-15/h11-12H,5-10H2,1-4H3,(H,18,19). The first-order chi connectivity index (χ1) is 8.77. The van der Waals surface area contributed by atoms with Crippen molar-refractivity contribution < 1.29 is 14.7 Å². The Morgan fingerprint density at radius 1 is 1.05 bits per heavy atom. The van der Waals surface area contributed by atoms with Gasteiger partial charge in [-0.3, -0.25) is 9.59 Å². The highest BCUT2D eigenvalue weighted by Crippen LogP contribution is 2.44. The van der Waals surface area contributed by atoms with Gasteiger partial charge in [0.25, 0.3) is 0 Å². The molecule has 1 aliphatic rings. The highest BCUT2D eigenvalue weighted by molar-refractivity contribution is 5.79. The van der Waals surface area contributed by atoms with Crippen LogP contribution in [0.25, 0.3) is 0 Å². The number of carboxylic acids is 1. The number of nitrogens with zero attached hydrogens (tertiary/aromatic N) is 1. The Morgan fingerprint density at radius 2 is 1.53 bits per heavy atom. The third-order valence-corrected chi connectivity index (χ3v) is 4.12. The molecule has 0 radical (unpaired) electrons. The maximum atomic E-state index is 12.5. The molecule has 1 fully saturated rings. The molecule has 1 aliphatic carbocycles. The van der Waals surface area contributed by atoms with Crippen LogP contribution in [-0.2, 0) is 9.59 Å². The number of rotatable bonds is 6. The largest absolute Gasteiger partial charge is 0.481 e. The zero-order valence-electron chi connectivity index (χ0n) is 12.6. The van der Waals surface area contributed by atoms with E-state index in [4.69, 9.17) is 5.11 Å². The van der Waals surface area contributed by atoms with Gasteiger partial charge in [0.1, 0.15) is 0 Å². The van der Waals surface area contributed by atoms with Crippen LogP contribution in [-0.4, -0.2) is 34.0 Å². The summed E-state index contributed by atoms with van der Waals surface area (Å²) in [5.74, 6) is -0.677. The highest BCUT2D eigenvalue weighted by Gasteiger charge is 2.39. The van der Waals surface area contributed by atoms with Gasteiger partial charge < -0.3 is 10.0 Å². The fourth-order valence-electron chi connectivity index (χ4n) is 3.45. The van der Waals surface area contributed by atoms with E-state index in [2.05, 4.69) is 0 Å². The average Bonchev–Trinajstić information content (AvgIpc) is 2.63. The van der Waals surface area contributed by atoms with Crippen LogP contribution in [0.1, 0.15) is 66.2 Å². The van der Waals surface area contributed by atoms with Crippen molar-refractivity contribution in [2.75, 3.05) is 0 Å². The Balaban J connectivity index is 2.78. The molecule has 1 N–H and O–H groups in total. The summed E-state index contributed by atoms with van der Waals surface area (Å²) < 4.78 is 0. The third kappa shape index (κ3) is 4.22. The Morgan fingerprint density at radius 3 is 1.89 bits per heavy atom. The van der Waals surface area contributed by atoms with Gasteiger partial charge in [-0.15, -0.1) is 0 Å². The number of hydrogen-bond acceptors (Lipinski definition) is 2. The molecular formula is C15H27NO3. The van der Waals surface area contributed by atoms with Crippen molar-refractivity contribution in [3.63, 3.8) is 0 Å². The Hall–Kier alpha value is -1.06. The second-order valence-corrected chi connectivity index (χ2v) is 6.44. The molecule has 0 spiro atoms. The lowest BCUT2D eigenvalue weighted by molar-refractivity contribution is -0.142. The minimum atomic E-state index is -0.782. The predicted molar refractivity (Wildman–Crippen MR) is 74.9 cm³/mol. The lowest BCUT2D eigenvalue weighted by atomic mass is 9.79. The molecule has 0 aromatic carbocycles. The van der Waals surface area contributed by atoms with E-state index in [1.807, 2.05) is 32.6 Å². The molecule has 0 bridgehead atoms. The van der Waals surface area contributed by atoms with Crippen molar-refractivity contribution in [3.8, 4) is 0 Å². The molecule has 0 saturated heterocycles. The maximum Gasteiger partial charge on any atom is 0.303 e. The summed E-state index contributed by atoms with van der Waals surface area (Å²) in [4.78, 5) is 25.4. The van der Waals surface area contributed by atoms with Crippen molar-refractivity contribution in [1.29, 1.82) is 0 Å². The van der Waals surface area contributed by atoms with Crippen LogP contribution in [0.5, 0.6) is 0 Å². The molecule has 4 nitrogen and oxygen atoms in total. The van der Waals surface area contributed by atoms with E-state index in [9.17, 15) is 9.59 Å². The second kappa shape index (κ2) is 6.40. The molecule has 1 amide bonds. The summed E-state index contributed by atoms with van der Waals surface area (Å²) in [6.07, 6.45) is 4.34. The van der Waals surface area contributed by atoms with E-state index in [0.29, 0.717) is 6.42 Å². The number of carbonyl (C=O) groups is 2. The minimum Gasteiger partial charge on any atom is -0.481 e. The predicted octanol–water partition coefficient (Wildman–Crippen LogP) is 3.06. The minimum absolute atomic E-state index is 0.105. The number of carboxylic acid groups (broad SMARTS) is 1. The maximum absolute atomic E-state index is 12.5. The van der Waals surface area contributed by atoms with Crippen molar-refractivity contribution in [2.24, 2.45) is 5.41 Å². The van der Waals surface area contributed by atoms with E-state index in [1.165, 1.54) is 0 Å². The number of hydrogen-bond donors (Lipinski definition) is 1. The molecule has 0 heterocycles. The first kappa shape index (κ1) is 16.0. The lowest BCUT2D eigenvalue weighted by Gasteiger charge is -2.35. The van der Waals surface area contributed by atoms with E-state index in [0.717, 1.165) is 25.7 Å². The Bertz CT molecular complexity index is 322. The Kier molecular flexibility index (Phi) is 5.39. The van der Waals surface area contributed by atoms with Crippen LogP contribution in [0.2, 0.25) is 0 Å². The van der Waals surface area contributed by atoms with Crippen LogP contribution >= 0.6 is 0 Å². The van der Waals surface area contributed by atoms with Crippen LogP contribution in [0.3, 0.4) is 0 Å². The van der Waals surface area contributed by atoms with Gasteiger partial charge in [0.2, 0.25) is 5.91 Å². The molecule has 0 aliphatic heterocycles. The second-order valence-electron chi connectivity index (χ2n) is 6.44. The molecule has 1 rings (SSSR count). The Labute approximate surface area is 116 Å². The number of aliphatic carboxylic acids is 1. The molecule has 4 heteroatoms. The first-order valence-electron chi connectivity index (χ1n) is 7.30. The molecule has 0 aromatic rings. The van der Waals surface area contributed by atoms with Gasteiger partial charge in [0.05, 0.1) is 6.42 Å². The van der Waals surface area contributed by atoms with Gasteiger partial charge in [-0.2, -0.15) is 0 Å². The van der Waals surface area contributed by atoms with Crippen molar-refractivity contribution in [2.45, 2.75) is 78.3 Å². The summed E-state index contributed by atoms with van der Waals surface area (Å²) in [5.41, 5.74) is -0.301. The smallest absolute Gasteiger partial charge is 0.303 e. The van der Waals surface area contributed by atoms with Gasteiger partial charge in [-0.1, -0.05) is 12.8 Å². The van der Waals surface area contributed by atoms with Gasteiger partial charge in [0.15, 0.2) is 0 Å². The lowest BCUT2D eigenvalue weighted by Crippen LogP contribution is -2.44. The summed E-state index contributed by atoms with van der Waals surface area (Å²) in [6, 6.07) is 0.326. The monoisotopic (exact) mass is 269 g/mol. The van der Waals surface area contributed by atoms with Gasteiger partial charge in [-0.05, 0) is 46.0 Å². The third-order valence-electron chi connectivity index (χ3n) is 4.12. The normalized spacial score (nSPS) is 18.0. The van der Waals surface area contributed by atoms with Crippen molar-refractivity contribution in [3.05, 3.63) is 0 Å². The molecule has 0 unspecified atom stereocenters. The molecule has 19 heavy (non-hydrogen) atoms. The van der Waals surface area contributed by atoms with Crippen LogP contribution in [0.15, 0.2) is 0 Å². The fourth-order valence-corrected chi connectivity index (χ4v) is 3.45. The van der Waals surface area contributed by atoms with E-state index < -0.39 is 5.97 Å². The number of carbonyl (C=O) groups excluding carboxylic acids is 1. The van der Waals surface area contributed by atoms with Crippen molar-refractivity contribution in [1.82, 2.24) is 4.90 Å². The summed E-state index contributed by atoms with van der Waals surface area (Å²) in [5, 5.41) is 9.08. The highest BCUT2D eigenvalue weighted by atomic mass is 16.4. The molecule has 110 valence electrons. The first-order valence-corrected chi connectivity index (χ1v) is 7.30. The summed E-state index contributed by atoms with van der Waals surface area (Å²) in [6.45, 7) is 8.04. The van der Waals surface area contributed by atoms with E-state index in [1.54, 1.807) is 0 Å². The van der Waals surface area contributed by atoms with Crippen LogP contribution in [0, 0.1) is 5.41 Å². The summed E-state index contributed by atoms with van der Waals surface area (Å²) >= 11 is 0. The van der Waals surface area contributed by atoms with E-state index >= 15 is 0 Å². The van der Waals surface area contributed by atoms with Crippen LogP contribution in [0.4, 0.5) is 0 Å². The van der Waals surface area contributed by atoms with Crippen molar-refractivity contribution >= 4 is 11.9 Å². The zero-order valence-corrected chi connectivity index (χ0v) is 12.6.